The Kier molecular flexibility index (Phi) is 6.16. The molecule has 2 N–H and O–H groups in total. The van der Waals surface area contributed by atoms with E-state index in [0.29, 0.717) is 11.4 Å². The molecular formula is C20H30N2O4. The molecule has 1 amide bonds. The molecule has 0 saturated carbocycles. The van der Waals surface area contributed by atoms with Crippen molar-refractivity contribution in [1.82, 2.24) is 4.90 Å². The van der Waals surface area contributed by atoms with E-state index in [1.807, 2.05) is 25.1 Å². The molecule has 0 aromatic heterocycles. The predicted molar refractivity (Wildman–Crippen MR) is 101 cm³/mol. The predicted octanol–water partition coefficient (Wildman–Crippen LogP) is 2.20. The Morgan fingerprint density at radius 1 is 1.38 bits per heavy atom. The second-order valence-electron chi connectivity index (χ2n) is 7.64. The van der Waals surface area contributed by atoms with Crippen LogP contribution in [0.15, 0.2) is 18.2 Å². The summed E-state index contributed by atoms with van der Waals surface area (Å²) in [4.78, 5) is 14.8. The van der Waals surface area contributed by atoms with Crippen LogP contribution < -0.4 is 10.1 Å². The number of likely N-dealkylation sites (tertiary alicyclic amines) is 1. The number of ether oxygens (including phenoxy) is 2. The third-order valence-electron chi connectivity index (χ3n) is 5.80. The number of aryl methyl sites for hydroxylation is 1. The number of anilines is 1. The monoisotopic (exact) mass is 362 g/mol. The minimum absolute atomic E-state index is 0.0497. The van der Waals surface area contributed by atoms with Gasteiger partial charge in [-0.3, -0.25) is 9.69 Å². The van der Waals surface area contributed by atoms with Gasteiger partial charge in [0.2, 0.25) is 5.91 Å². The van der Waals surface area contributed by atoms with Crippen LogP contribution >= 0.6 is 0 Å². The molecule has 6 nitrogen and oxygen atoms in total. The second-order valence-corrected chi connectivity index (χ2v) is 7.64. The van der Waals surface area contributed by atoms with E-state index in [-0.39, 0.29) is 30.5 Å². The number of aliphatic hydroxyl groups excluding tert-OH is 1. The number of carbonyl (C=O) groups is 1. The molecule has 2 fully saturated rings. The highest BCUT2D eigenvalue weighted by Crippen LogP contribution is 2.41. The lowest BCUT2D eigenvalue weighted by molar-refractivity contribution is -0.120. The molecule has 144 valence electrons. The van der Waals surface area contributed by atoms with E-state index in [4.69, 9.17) is 9.47 Å². The van der Waals surface area contributed by atoms with Crippen LogP contribution in [0.5, 0.6) is 5.75 Å². The van der Waals surface area contributed by atoms with Gasteiger partial charge in [-0.1, -0.05) is 6.07 Å². The average molecular weight is 362 g/mol. The molecule has 3 rings (SSSR count). The van der Waals surface area contributed by atoms with E-state index in [1.165, 1.54) is 0 Å². The number of nitrogens with one attached hydrogen (secondary N) is 1. The van der Waals surface area contributed by atoms with Crippen LogP contribution in [0.3, 0.4) is 0 Å². The van der Waals surface area contributed by atoms with Crippen molar-refractivity contribution in [2.75, 3.05) is 45.3 Å². The number of rotatable bonds is 5. The highest BCUT2D eigenvalue weighted by Gasteiger charge is 2.40. The molecule has 1 atom stereocenters. The molecule has 1 unspecified atom stereocenters. The van der Waals surface area contributed by atoms with E-state index in [9.17, 15) is 9.90 Å². The summed E-state index contributed by atoms with van der Waals surface area (Å²) in [6, 6.07) is 5.78. The maximum absolute atomic E-state index is 12.7. The van der Waals surface area contributed by atoms with Crippen molar-refractivity contribution < 1.29 is 19.4 Å². The summed E-state index contributed by atoms with van der Waals surface area (Å²) in [5.41, 5.74) is 1.98. The van der Waals surface area contributed by atoms with Gasteiger partial charge in [0.15, 0.2) is 0 Å². The molecule has 1 aromatic rings. The van der Waals surface area contributed by atoms with Gasteiger partial charge in [0.25, 0.3) is 0 Å². The van der Waals surface area contributed by atoms with Crippen molar-refractivity contribution >= 4 is 11.6 Å². The van der Waals surface area contributed by atoms with Crippen LogP contribution in [-0.4, -0.2) is 62.0 Å². The van der Waals surface area contributed by atoms with Gasteiger partial charge in [-0.15, -0.1) is 0 Å². The number of aliphatic hydroxyl groups is 1. The normalized spacial score (nSPS) is 23.0. The summed E-state index contributed by atoms with van der Waals surface area (Å²) in [6.07, 6.45) is 4.10. The first-order chi connectivity index (χ1) is 12.5. The Labute approximate surface area is 155 Å². The smallest absolute Gasteiger partial charge is 0.238 e. The van der Waals surface area contributed by atoms with Crippen LogP contribution in [-0.2, 0) is 9.53 Å². The Bertz CT molecular complexity index is 628. The van der Waals surface area contributed by atoms with Gasteiger partial charge in [0.1, 0.15) is 5.75 Å². The largest absolute Gasteiger partial charge is 0.495 e. The molecule has 0 radical (unpaired) electrons. The van der Waals surface area contributed by atoms with Crippen molar-refractivity contribution in [3.8, 4) is 5.75 Å². The molecule has 2 aliphatic heterocycles. The van der Waals surface area contributed by atoms with Crippen LogP contribution in [0.4, 0.5) is 5.69 Å². The lowest BCUT2D eigenvalue weighted by atomic mass is 9.72. The van der Waals surface area contributed by atoms with Crippen molar-refractivity contribution in [3.05, 3.63) is 23.8 Å². The zero-order valence-electron chi connectivity index (χ0n) is 15.8. The first kappa shape index (κ1) is 19.1. The summed E-state index contributed by atoms with van der Waals surface area (Å²) < 4.78 is 10.9. The lowest BCUT2D eigenvalue weighted by Crippen LogP contribution is -2.54. The Balaban J connectivity index is 1.67. The average Bonchev–Trinajstić information content (AvgIpc) is 2.63. The van der Waals surface area contributed by atoms with Gasteiger partial charge < -0.3 is 19.9 Å². The molecular weight excluding hydrogens is 332 g/mol. The van der Waals surface area contributed by atoms with E-state index in [1.54, 1.807) is 7.11 Å². The molecule has 1 spiro atoms. The maximum Gasteiger partial charge on any atom is 0.238 e. The molecule has 0 bridgehead atoms. The number of amides is 1. The van der Waals surface area contributed by atoms with E-state index >= 15 is 0 Å². The quantitative estimate of drug-likeness (QED) is 0.840. The standard InChI is InChI=1S/C20H30N2O4/c1-15-3-4-18(25-2)17(11-15)21-19(24)12-22-14-20(6-5-16(22)13-23)7-9-26-10-8-20/h3-4,11,16,23H,5-10,12-14H2,1-2H3,(H,21,24). The molecule has 1 aromatic carbocycles. The minimum Gasteiger partial charge on any atom is -0.495 e. The molecule has 0 aliphatic carbocycles. The zero-order valence-corrected chi connectivity index (χ0v) is 15.8. The van der Waals surface area contributed by atoms with Crippen molar-refractivity contribution in [1.29, 1.82) is 0 Å². The van der Waals surface area contributed by atoms with Crippen LogP contribution in [0.25, 0.3) is 0 Å². The number of piperidine rings is 1. The minimum atomic E-state index is -0.0727. The number of nitrogens with zero attached hydrogens (tertiary/aromatic N) is 1. The summed E-state index contributed by atoms with van der Waals surface area (Å²) in [5.74, 6) is 0.582. The Hall–Kier alpha value is -1.63. The Morgan fingerprint density at radius 2 is 2.15 bits per heavy atom. The lowest BCUT2D eigenvalue weighted by Gasteiger charge is -2.48. The van der Waals surface area contributed by atoms with Crippen molar-refractivity contribution in [2.24, 2.45) is 5.41 Å². The van der Waals surface area contributed by atoms with E-state index < -0.39 is 0 Å². The van der Waals surface area contributed by atoms with Gasteiger partial charge in [0.05, 0.1) is 25.9 Å². The third kappa shape index (κ3) is 4.37. The highest BCUT2D eigenvalue weighted by molar-refractivity contribution is 5.93. The first-order valence-corrected chi connectivity index (χ1v) is 9.42. The van der Waals surface area contributed by atoms with Gasteiger partial charge >= 0.3 is 0 Å². The number of hydrogen-bond acceptors (Lipinski definition) is 5. The molecule has 6 heteroatoms. The van der Waals surface area contributed by atoms with E-state index in [0.717, 1.165) is 51.0 Å². The van der Waals surface area contributed by atoms with Gasteiger partial charge in [0, 0.05) is 25.8 Å². The van der Waals surface area contributed by atoms with Crippen molar-refractivity contribution in [2.45, 2.75) is 38.6 Å². The van der Waals surface area contributed by atoms with Crippen LogP contribution in [0.1, 0.15) is 31.2 Å². The summed E-state index contributed by atoms with van der Waals surface area (Å²) >= 11 is 0. The first-order valence-electron chi connectivity index (χ1n) is 9.42. The fraction of sp³-hybridized carbons (Fsp3) is 0.650. The maximum atomic E-state index is 12.7. The molecule has 2 saturated heterocycles. The Morgan fingerprint density at radius 3 is 2.85 bits per heavy atom. The van der Waals surface area contributed by atoms with Crippen molar-refractivity contribution in [3.63, 3.8) is 0 Å². The SMILES string of the molecule is COc1ccc(C)cc1NC(=O)CN1CC2(CCOCC2)CCC1CO. The van der Waals surface area contributed by atoms with Gasteiger partial charge in [-0.05, 0) is 55.7 Å². The summed E-state index contributed by atoms with van der Waals surface area (Å²) in [7, 11) is 1.60. The van der Waals surface area contributed by atoms with Crippen LogP contribution in [0.2, 0.25) is 0 Å². The number of benzene rings is 1. The highest BCUT2D eigenvalue weighted by atomic mass is 16.5. The van der Waals surface area contributed by atoms with Gasteiger partial charge in [-0.2, -0.15) is 0 Å². The fourth-order valence-electron chi connectivity index (χ4n) is 4.19. The van der Waals surface area contributed by atoms with E-state index in [2.05, 4.69) is 10.2 Å². The number of hydrogen-bond donors (Lipinski definition) is 2. The fourth-order valence-corrected chi connectivity index (χ4v) is 4.19. The van der Waals surface area contributed by atoms with Gasteiger partial charge in [-0.25, -0.2) is 0 Å². The summed E-state index contributed by atoms with van der Waals surface area (Å²) in [6.45, 7) is 4.80. The third-order valence-corrected chi connectivity index (χ3v) is 5.80. The van der Waals surface area contributed by atoms with Crippen LogP contribution in [0, 0.1) is 12.3 Å². The zero-order chi connectivity index (χ0) is 18.6. The summed E-state index contributed by atoms with van der Waals surface area (Å²) in [5, 5.41) is 12.7. The second kappa shape index (κ2) is 8.37. The number of methoxy groups -OCH3 is 1. The molecule has 2 aliphatic rings. The molecule has 2 heterocycles. The number of carbonyl (C=O) groups excluding carboxylic acids is 1. The topological polar surface area (TPSA) is 71.0 Å². The molecule has 26 heavy (non-hydrogen) atoms.